The van der Waals surface area contributed by atoms with Gasteiger partial charge in [-0.05, 0) is 48.9 Å². The molecule has 0 aliphatic heterocycles. The standard InChI is InChI=1S/C21H16Cl2N4O2S/c1-11-9-17(25-19(28)13-5-3-4-6-14(13)23)30-18(11)20(29)26-21-24-15-10-12(22)7-8-16(15)27(21)2/h3-10H,1-2H3,(H,25,28)(H,24,26,29). The number of nitrogens with one attached hydrogen (secondary N) is 2. The van der Waals surface area contributed by atoms with Gasteiger partial charge in [0.2, 0.25) is 5.95 Å². The Morgan fingerprint density at radius 3 is 2.57 bits per heavy atom. The number of halogens is 2. The molecule has 0 spiro atoms. The number of thiophene rings is 1. The Labute approximate surface area is 186 Å². The van der Waals surface area contributed by atoms with Gasteiger partial charge in [0.25, 0.3) is 11.8 Å². The monoisotopic (exact) mass is 458 g/mol. The van der Waals surface area contributed by atoms with Crippen LogP contribution in [0.5, 0.6) is 0 Å². The lowest BCUT2D eigenvalue weighted by molar-refractivity contribution is 0.101. The fourth-order valence-corrected chi connectivity index (χ4v) is 4.39. The molecule has 6 nitrogen and oxygen atoms in total. The molecular weight excluding hydrogens is 443 g/mol. The number of hydrogen-bond acceptors (Lipinski definition) is 4. The molecule has 0 saturated carbocycles. The minimum Gasteiger partial charge on any atom is -0.313 e. The van der Waals surface area contributed by atoms with Gasteiger partial charge in [0.15, 0.2) is 0 Å². The highest BCUT2D eigenvalue weighted by molar-refractivity contribution is 7.18. The Hall–Kier alpha value is -2.87. The molecule has 2 heterocycles. The smallest absolute Gasteiger partial charge is 0.268 e. The zero-order valence-corrected chi connectivity index (χ0v) is 18.3. The van der Waals surface area contributed by atoms with Crippen molar-refractivity contribution in [1.82, 2.24) is 9.55 Å². The minimum absolute atomic E-state index is 0.305. The minimum atomic E-state index is -0.332. The van der Waals surface area contributed by atoms with E-state index in [1.165, 1.54) is 11.3 Å². The average Bonchev–Trinajstić information content (AvgIpc) is 3.21. The maximum atomic E-state index is 12.8. The first-order valence-electron chi connectivity index (χ1n) is 8.93. The summed E-state index contributed by atoms with van der Waals surface area (Å²) in [4.78, 5) is 30.2. The van der Waals surface area contributed by atoms with Crippen LogP contribution in [0.15, 0.2) is 48.5 Å². The number of amides is 2. The van der Waals surface area contributed by atoms with Crippen LogP contribution in [-0.4, -0.2) is 21.4 Å². The predicted molar refractivity (Wildman–Crippen MR) is 122 cm³/mol. The number of aromatic nitrogens is 2. The Morgan fingerprint density at radius 2 is 1.80 bits per heavy atom. The highest BCUT2D eigenvalue weighted by Gasteiger charge is 2.19. The summed E-state index contributed by atoms with van der Waals surface area (Å²) >= 11 is 13.3. The lowest BCUT2D eigenvalue weighted by atomic mass is 10.2. The first-order chi connectivity index (χ1) is 14.3. The molecule has 0 atom stereocenters. The van der Waals surface area contributed by atoms with Crippen molar-refractivity contribution in [2.45, 2.75) is 6.92 Å². The number of carbonyl (C=O) groups is 2. The van der Waals surface area contributed by atoms with Crippen molar-refractivity contribution in [2.24, 2.45) is 7.05 Å². The summed E-state index contributed by atoms with van der Waals surface area (Å²) in [5.74, 6) is -0.229. The second-order valence-electron chi connectivity index (χ2n) is 6.64. The maximum Gasteiger partial charge on any atom is 0.268 e. The van der Waals surface area contributed by atoms with Crippen molar-refractivity contribution < 1.29 is 9.59 Å². The lowest BCUT2D eigenvalue weighted by Gasteiger charge is -2.05. The Bertz CT molecular complexity index is 1300. The molecule has 2 N–H and O–H groups in total. The van der Waals surface area contributed by atoms with Gasteiger partial charge >= 0.3 is 0 Å². The van der Waals surface area contributed by atoms with Gasteiger partial charge in [0, 0.05) is 12.1 Å². The summed E-state index contributed by atoms with van der Waals surface area (Å²) in [5, 5.41) is 7.12. The summed E-state index contributed by atoms with van der Waals surface area (Å²) in [6.45, 7) is 1.81. The first-order valence-corrected chi connectivity index (χ1v) is 10.5. The van der Waals surface area contributed by atoms with E-state index >= 15 is 0 Å². The SMILES string of the molecule is Cc1cc(NC(=O)c2ccccc2Cl)sc1C(=O)Nc1nc2cc(Cl)ccc2n1C. The average molecular weight is 459 g/mol. The van der Waals surface area contributed by atoms with Crippen LogP contribution in [0, 0.1) is 6.92 Å². The molecule has 0 saturated heterocycles. The van der Waals surface area contributed by atoms with Crippen molar-refractivity contribution in [3.63, 3.8) is 0 Å². The first kappa shape index (κ1) is 20.4. The molecule has 0 unspecified atom stereocenters. The van der Waals surface area contributed by atoms with E-state index in [2.05, 4.69) is 15.6 Å². The topological polar surface area (TPSA) is 76.0 Å². The molecule has 2 aromatic heterocycles. The molecule has 9 heteroatoms. The third kappa shape index (κ3) is 3.92. The molecule has 0 bridgehead atoms. The van der Waals surface area contributed by atoms with E-state index in [-0.39, 0.29) is 11.8 Å². The number of rotatable bonds is 4. The summed E-state index contributed by atoms with van der Waals surface area (Å²) in [7, 11) is 1.81. The molecular formula is C21H16Cl2N4O2S. The number of aryl methyl sites for hydroxylation is 2. The number of imidazole rings is 1. The summed E-state index contributed by atoms with van der Waals surface area (Å²) in [6.07, 6.45) is 0. The van der Waals surface area contributed by atoms with Crippen LogP contribution in [-0.2, 0) is 7.05 Å². The van der Waals surface area contributed by atoms with Crippen LogP contribution in [0.4, 0.5) is 10.9 Å². The van der Waals surface area contributed by atoms with Crippen molar-refractivity contribution in [2.75, 3.05) is 10.6 Å². The number of hydrogen-bond donors (Lipinski definition) is 2. The van der Waals surface area contributed by atoms with E-state index in [0.29, 0.717) is 37.0 Å². The van der Waals surface area contributed by atoms with Crippen LogP contribution in [0.25, 0.3) is 11.0 Å². The van der Waals surface area contributed by atoms with Gasteiger partial charge < -0.3 is 9.88 Å². The van der Waals surface area contributed by atoms with Crippen LogP contribution < -0.4 is 10.6 Å². The summed E-state index contributed by atoms with van der Waals surface area (Å²) in [6, 6.07) is 13.9. The van der Waals surface area contributed by atoms with Crippen molar-refractivity contribution in [3.8, 4) is 0 Å². The molecule has 4 aromatic rings. The van der Waals surface area contributed by atoms with Gasteiger partial charge in [0.1, 0.15) is 0 Å². The highest BCUT2D eigenvalue weighted by atomic mass is 35.5. The number of anilines is 2. The Morgan fingerprint density at radius 1 is 1.03 bits per heavy atom. The fraction of sp³-hybridized carbons (Fsp3) is 0.0952. The molecule has 2 amide bonds. The third-order valence-electron chi connectivity index (χ3n) is 4.55. The van der Waals surface area contributed by atoms with Gasteiger partial charge in [-0.1, -0.05) is 35.3 Å². The Kier molecular flexibility index (Phi) is 5.51. The zero-order valence-electron chi connectivity index (χ0n) is 16.0. The normalized spacial score (nSPS) is 10.9. The van der Waals surface area contributed by atoms with E-state index < -0.39 is 0 Å². The Balaban J connectivity index is 1.54. The third-order valence-corrected chi connectivity index (χ3v) is 6.26. The van der Waals surface area contributed by atoms with Gasteiger partial charge in [-0.15, -0.1) is 11.3 Å². The van der Waals surface area contributed by atoms with E-state index in [4.69, 9.17) is 23.2 Å². The predicted octanol–water partition coefficient (Wildman–Crippen LogP) is 5.75. The quantitative estimate of drug-likeness (QED) is 0.408. The number of benzene rings is 2. The van der Waals surface area contributed by atoms with Crippen LogP contribution >= 0.6 is 34.5 Å². The molecule has 0 aliphatic rings. The molecule has 30 heavy (non-hydrogen) atoms. The van der Waals surface area contributed by atoms with Crippen molar-refractivity contribution in [3.05, 3.63) is 74.6 Å². The van der Waals surface area contributed by atoms with Gasteiger partial charge in [-0.25, -0.2) is 4.98 Å². The molecule has 0 fully saturated rings. The zero-order chi connectivity index (χ0) is 21.4. The molecule has 0 radical (unpaired) electrons. The molecule has 4 rings (SSSR count). The largest absolute Gasteiger partial charge is 0.313 e. The molecule has 152 valence electrons. The van der Waals surface area contributed by atoms with E-state index in [0.717, 1.165) is 11.1 Å². The second-order valence-corrected chi connectivity index (χ2v) is 8.53. The van der Waals surface area contributed by atoms with Crippen LogP contribution in [0.3, 0.4) is 0 Å². The number of fused-ring (bicyclic) bond motifs is 1. The van der Waals surface area contributed by atoms with Crippen LogP contribution in [0.2, 0.25) is 10.0 Å². The second kappa shape index (κ2) is 8.10. The lowest BCUT2D eigenvalue weighted by Crippen LogP contribution is -2.14. The van der Waals surface area contributed by atoms with Gasteiger partial charge in [0.05, 0.1) is 31.5 Å². The number of nitrogens with zero attached hydrogens (tertiary/aromatic N) is 2. The summed E-state index contributed by atoms with van der Waals surface area (Å²) in [5.41, 5.74) is 2.66. The highest BCUT2D eigenvalue weighted by Crippen LogP contribution is 2.29. The van der Waals surface area contributed by atoms with E-state index in [9.17, 15) is 9.59 Å². The van der Waals surface area contributed by atoms with E-state index in [1.54, 1.807) is 47.0 Å². The van der Waals surface area contributed by atoms with Gasteiger partial charge in [-0.3, -0.25) is 14.9 Å². The summed E-state index contributed by atoms with van der Waals surface area (Å²) < 4.78 is 1.78. The van der Waals surface area contributed by atoms with E-state index in [1.807, 2.05) is 20.0 Å². The number of carbonyl (C=O) groups excluding carboxylic acids is 2. The maximum absolute atomic E-state index is 12.8. The van der Waals surface area contributed by atoms with Crippen molar-refractivity contribution in [1.29, 1.82) is 0 Å². The molecule has 0 aliphatic carbocycles. The van der Waals surface area contributed by atoms with Crippen molar-refractivity contribution >= 4 is 68.3 Å². The van der Waals surface area contributed by atoms with Gasteiger partial charge in [-0.2, -0.15) is 0 Å². The fourth-order valence-electron chi connectivity index (χ4n) is 3.04. The molecule has 2 aromatic carbocycles. The van der Waals surface area contributed by atoms with Crippen LogP contribution in [0.1, 0.15) is 25.6 Å².